The predicted octanol–water partition coefficient (Wildman–Crippen LogP) is 3.16. The third kappa shape index (κ3) is 6.46. The number of amides is 2. The Bertz CT molecular complexity index is 1200. The summed E-state index contributed by atoms with van der Waals surface area (Å²) in [5.41, 5.74) is 1.36. The zero-order valence-corrected chi connectivity index (χ0v) is 19.9. The van der Waals surface area contributed by atoms with Gasteiger partial charge < -0.3 is 19.8 Å². The predicted molar refractivity (Wildman–Crippen MR) is 127 cm³/mol. The molecule has 9 nitrogen and oxygen atoms in total. The van der Waals surface area contributed by atoms with Gasteiger partial charge in [0.1, 0.15) is 11.8 Å². The van der Waals surface area contributed by atoms with E-state index in [1.807, 2.05) is 0 Å². The van der Waals surface area contributed by atoms with Gasteiger partial charge in [-0.3, -0.25) is 9.59 Å². The van der Waals surface area contributed by atoms with Gasteiger partial charge >= 0.3 is 0 Å². The minimum atomic E-state index is -3.91. The van der Waals surface area contributed by atoms with Gasteiger partial charge in [-0.2, -0.15) is 4.72 Å². The van der Waals surface area contributed by atoms with Crippen molar-refractivity contribution < 1.29 is 27.2 Å². The van der Waals surface area contributed by atoms with Gasteiger partial charge in [0.2, 0.25) is 15.9 Å². The highest BCUT2D eigenvalue weighted by atomic mass is 32.2. The van der Waals surface area contributed by atoms with Crippen LogP contribution in [-0.2, 0) is 21.4 Å². The highest BCUT2D eigenvalue weighted by Gasteiger charge is 2.28. The fourth-order valence-corrected chi connectivity index (χ4v) is 4.43. The average molecular weight is 486 g/mol. The number of methoxy groups -OCH3 is 1. The molecule has 10 heteroatoms. The summed E-state index contributed by atoms with van der Waals surface area (Å²) in [4.78, 5) is 24.9. The molecular formula is C24H27N3O6S. The van der Waals surface area contributed by atoms with Crippen LogP contribution < -0.4 is 20.1 Å². The lowest BCUT2D eigenvalue weighted by molar-refractivity contribution is -0.123. The number of furan rings is 1. The third-order valence-corrected chi connectivity index (χ3v) is 6.48. The molecule has 0 aliphatic heterocycles. The van der Waals surface area contributed by atoms with E-state index in [2.05, 4.69) is 15.4 Å². The van der Waals surface area contributed by atoms with E-state index in [4.69, 9.17) is 9.15 Å². The van der Waals surface area contributed by atoms with Crippen LogP contribution >= 0.6 is 0 Å². The second-order valence-electron chi connectivity index (χ2n) is 7.86. The summed E-state index contributed by atoms with van der Waals surface area (Å²) < 4.78 is 38.1. The Balaban J connectivity index is 1.59. The average Bonchev–Trinajstić information content (AvgIpc) is 3.37. The van der Waals surface area contributed by atoms with Gasteiger partial charge in [0.15, 0.2) is 5.76 Å². The van der Waals surface area contributed by atoms with Crippen molar-refractivity contribution in [1.82, 2.24) is 10.0 Å². The molecule has 0 radical (unpaired) electrons. The van der Waals surface area contributed by atoms with Crippen molar-refractivity contribution in [1.29, 1.82) is 0 Å². The van der Waals surface area contributed by atoms with E-state index in [-0.39, 0.29) is 29.0 Å². The molecule has 3 N–H and O–H groups in total. The van der Waals surface area contributed by atoms with Gasteiger partial charge in [-0.25, -0.2) is 8.42 Å². The summed E-state index contributed by atoms with van der Waals surface area (Å²) in [6, 6.07) is 15.1. The fourth-order valence-electron chi connectivity index (χ4n) is 3.09. The Labute approximate surface area is 198 Å². The Hall–Kier alpha value is -3.63. The maximum absolute atomic E-state index is 12.8. The first kappa shape index (κ1) is 25.0. The summed E-state index contributed by atoms with van der Waals surface area (Å²) in [6.45, 7) is 3.72. The molecule has 0 aliphatic rings. The molecule has 0 saturated carbocycles. The highest BCUT2D eigenvalue weighted by Crippen LogP contribution is 2.17. The molecule has 3 rings (SSSR count). The molecule has 1 heterocycles. The second-order valence-corrected chi connectivity index (χ2v) is 9.58. The summed E-state index contributed by atoms with van der Waals surface area (Å²) in [5.74, 6) is -0.360. The monoisotopic (exact) mass is 485 g/mol. The summed E-state index contributed by atoms with van der Waals surface area (Å²) >= 11 is 0. The number of carbonyl (C=O) groups excluding carboxylic acids is 2. The number of rotatable bonds is 10. The number of nitrogens with one attached hydrogen (secondary N) is 3. The van der Waals surface area contributed by atoms with E-state index < -0.39 is 22.0 Å². The van der Waals surface area contributed by atoms with Gasteiger partial charge in [0.25, 0.3) is 5.91 Å². The van der Waals surface area contributed by atoms with Gasteiger partial charge in [-0.05, 0) is 60.0 Å². The maximum Gasteiger partial charge on any atom is 0.291 e. The zero-order chi connectivity index (χ0) is 24.7. The second kappa shape index (κ2) is 11.0. The van der Waals surface area contributed by atoms with Crippen LogP contribution in [0.1, 0.15) is 30.0 Å². The number of carbonyl (C=O) groups is 2. The lowest BCUT2D eigenvalue weighted by Gasteiger charge is -2.22. The van der Waals surface area contributed by atoms with Crippen LogP contribution in [0.15, 0.2) is 76.2 Å². The first-order valence-electron chi connectivity index (χ1n) is 10.6. The minimum absolute atomic E-state index is 0.0407. The van der Waals surface area contributed by atoms with Crippen molar-refractivity contribution in [3.8, 4) is 5.75 Å². The number of anilines is 1. The Morgan fingerprint density at radius 3 is 2.24 bits per heavy atom. The number of hydrogen-bond donors (Lipinski definition) is 3. The first-order chi connectivity index (χ1) is 16.2. The quantitative estimate of drug-likeness (QED) is 0.405. The Morgan fingerprint density at radius 2 is 1.68 bits per heavy atom. The van der Waals surface area contributed by atoms with Crippen LogP contribution in [0.25, 0.3) is 0 Å². The van der Waals surface area contributed by atoms with Crippen molar-refractivity contribution in [2.45, 2.75) is 31.3 Å². The van der Waals surface area contributed by atoms with Crippen LogP contribution in [-0.4, -0.2) is 33.4 Å². The molecular weight excluding hydrogens is 458 g/mol. The van der Waals surface area contributed by atoms with E-state index in [0.717, 1.165) is 5.56 Å². The van der Waals surface area contributed by atoms with Crippen LogP contribution in [0.4, 0.5) is 5.69 Å². The highest BCUT2D eigenvalue weighted by molar-refractivity contribution is 7.89. The van der Waals surface area contributed by atoms with Gasteiger partial charge in [-0.15, -0.1) is 0 Å². The summed E-state index contributed by atoms with van der Waals surface area (Å²) in [5, 5.41) is 5.48. The Morgan fingerprint density at radius 1 is 1.00 bits per heavy atom. The van der Waals surface area contributed by atoms with Gasteiger partial charge in [-0.1, -0.05) is 26.0 Å². The van der Waals surface area contributed by atoms with Crippen LogP contribution in [0, 0.1) is 5.92 Å². The molecule has 1 aromatic heterocycles. The normalized spacial score (nSPS) is 12.2. The molecule has 0 saturated heterocycles. The molecule has 0 bridgehead atoms. The molecule has 2 aromatic carbocycles. The smallest absolute Gasteiger partial charge is 0.291 e. The van der Waals surface area contributed by atoms with E-state index in [9.17, 15) is 18.0 Å². The SMILES string of the molecule is COc1ccc(S(=O)(=O)N[C@H](C(=O)NCc2ccc(NC(=O)c3ccco3)cc2)C(C)C)cc1. The lowest BCUT2D eigenvalue weighted by atomic mass is 10.0. The molecule has 0 unspecified atom stereocenters. The largest absolute Gasteiger partial charge is 0.497 e. The number of hydrogen-bond acceptors (Lipinski definition) is 6. The number of ether oxygens (including phenoxy) is 1. The minimum Gasteiger partial charge on any atom is -0.497 e. The molecule has 0 fully saturated rings. The molecule has 34 heavy (non-hydrogen) atoms. The van der Waals surface area contributed by atoms with E-state index in [0.29, 0.717) is 11.4 Å². The zero-order valence-electron chi connectivity index (χ0n) is 19.1. The number of sulfonamides is 1. The number of benzene rings is 2. The van der Waals surface area contributed by atoms with E-state index in [1.54, 1.807) is 62.4 Å². The van der Waals surface area contributed by atoms with E-state index in [1.165, 1.54) is 25.5 Å². The topological polar surface area (TPSA) is 127 Å². The molecule has 2 amide bonds. The molecule has 3 aromatic rings. The van der Waals surface area contributed by atoms with Crippen LogP contribution in [0.2, 0.25) is 0 Å². The summed E-state index contributed by atoms with van der Waals surface area (Å²) in [7, 11) is -2.42. The summed E-state index contributed by atoms with van der Waals surface area (Å²) in [6.07, 6.45) is 1.42. The van der Waals surface area contributed by atoms with Crippen molar-refractivity contribution in [2.24, 2.45) is 5.92 Å². The molecule has 0 spiro atoms. The lowest BCUT2D eigenvalue weighted by Crippen LogP contribution is -2.49. The van der Waals surface area contributed by atoms with Crippen LogP contribution in [0.3, 0.4) is 0 Å². The fraction of sp³-hybridized carbons (Fsp3) is 0.250. The van der Waals surface area contributed by atoms with Crippen molar-refractivity contribution in [3.05, 3.63) is 78.3 Å². The van der Waals surface area contributed by atoms with Crippen molar-refractivity contribution >= 4 is 27.5 Å². The first-order valence-corrected chi connectivity index (χ1v) is 12.1. The van der Waals surface area contributed by atoms with Crippen molar-refractivity contribution in [3.63, 3.8) is 0 Å². The van der Waals surface area contributed by atoms with Gasteiger partial charge in [0, 0.05) is 12.2 Å². The Kier molecular flexibility index (Phi) is 8.08. The molecule has 1 atom stereocenters. The van der Waals surface area contributed by atoms with E-state index >= 15 is 0 Å². The third-order valence-electron chi connectivity index (χ3n) is 5.02. The van der Waals surface area contributed by atoms with Crippen LogP contribution in [0.5, 0.6) is 5.75 Å². The van der Waals surface area contributed by atoms with Crippen molar-refractivity contribution in [2.75, 3.05) is 12.4 Å². The standard InChI is InChI=1S/C24H27N3O6S/c1-16(2)22(27-34(30,31)20-12-10-19(32-3)11-13-20)24(29)25-15-17-6-8-18(9-7-17)26-23(28)21-5-4-14-33-21/h4-14,16,22,27H,15H2,1-3H3,(H,25,29)(H,26,28)/t22-/m0/s1. The molecule has 0 aliphatic carbocycles. The molecule has 180 valence electrons. The maximum atomic E-state index is 12.8. The van der Waals surface area contributed by atoms with Gasteiger partial charge in [0.05, 0.1) is 18.3 Å².